The zero-order valence-electron chi connectivity index (χ0n) is 14.6. The molecule has 21 heavy (non-hydrogen) atoms. The number of hydrogen-bond donors (Lipinski definition) is 2. The highest BCUT2D eigenvalue weighted by Crippen LogP contribution is 2.43. The molecule has 0 saturated heterocycles. The minimum atomic E-state index is -0.890. The van der Waals surface area contributed by atoms with Crippen molar-refractivity contribution in [2.45, 2.75) is 74.1 Å². The van der Waals surface area contributed by atoms with Crippen LogP contribution in [-0.4, -0.2) is 22.2 Å². The molecular weight excluding hydrogens is 268 g/mol. The van der Waals surface area contributed by atoms with Crippen molar-refractivity contribution >= 4 is 11.9 Å². The second-order valence-corrected chi connectivity index (χ2v) is 8.49. The van der Waals surface area contributed by atoms with E-state index in [4.69, 9.17) is 0 Å². The number of carbonyl (C=O) groups is 2. The van der Waals surface area contributed by atoms with Crippen molar-refractivity contribution in [3.8, 4) is 0 Å². The van der Waals surface area contributed by atoms with Crippen molar-refractivity contribution < 1.29 is 19.8 Å². The predicted molar refractivity (Wildman–Crippen MR) is 84.2 cm³/mol. The van der Waals surface area contributed by atoms with Crippen LogP contribution in [0.3, 0.4) is 0 Å². The Morgan fingerprint density at radius 2 is 1.38 bits per heavy atom. The maximum absolute atomic E-state index is 11.7. The molecule has 124 valence electrons. The summed E-state index contributed by atoms with van der Waals surface area (Å²) in [5.74, 6) is -1.20. The van der Waals surface area contributed by atoms with E-state index in [9.17, 15) is 19.8 Å². The van der Waals surface area contributed by atoms with Crippen LogP contribution < -0.4 is 0 Å². The average Bonchev–Trinajstić information content (AvgIpc) is 2.23. The van der Waals surface area contributed by atoms with Crippen LogP contribution >= 0.6 is 0 Å². The van der Waals surface area contributed by atoms with E-state index in [1.54, 1.807) is 20.8 Å². The Kier molecular flexibility index (Phi) is 6.46. The quantitative estimate of drug-likeness (QED) is 0.660. The first-order chi connectivity index (χ1) is 9.22. The molecule has 0 rings (SSSR count). The van der Waals surface area contributed by atoms with Crippen molar-refractivity contribution in [3.63, 3.8) is 0 Å². The zero-order chi connectivity index (χ0) is 17.1. The number of rotatable bonds is 9. The minimum Gasteiger partial charge on any atom is -0.481 e. The molecule has 0 aliphatic rings. The van der Waals surface area contributed by atoms with Gasteiger partial charge in [-0.15, -0.1) is 0 Å². The summed E-state index contributed by atoms with van der Waals surface area (Å²) >= 11 is 0. The molecule has 0 radical (unpaired) electrons. The van der Waals surface area contributed by atoms with Crippen LogP contribution in [0.25, 0.3) is 0 Å². The van der Waals surface area contributed by atoms with E-state index < -0.39 is 22.8 Å². The highest BCUT2D eigenvalue weighted by molar-refractivity contribution is 5.75. The fourth-order valence-electron chi connectivity index (χ4n) is 3.20. The fraction of sp³-hybridized carbons (Fsp3) is 0.882. The lowest BCUT2D eigenvalue weighted by Gasteiger charge is -2.37. The van der Waals surface area contributed by atoms with Crippen LogP contribution in [0.1, 0.15) is 74.1 Å². The Bertz CT molecular complexity index is 382. The van der Waals surface area contributed by atoms with Crippen LogP contribution in [-0.2, 0) is 9.59 Å². The Morgan fingerprint density at radius 1 is 0.905 bits per heavy atom. The van der Waals surface area contributed by atoms with Gasteiger partial charge in [0.2, 0.25) is 0 Å². The summed E-state index contributed by atoms with van der Waals surface area (Å²) in [5, 5.41) is 18.8. The highest BCUT2D eigenvalue weighted by Gasteiger charge is 2.41. The molecule has 0 saturated carbocycles. The van der Waals surface area contributed by atoms with Crippen molar-refractivity contribution in [2.75, 3.05) is 0 Å². The van der Waals surface area contributed by atoms with Gasteiger partial charge in [0.15, 0.2) is 0 Å². The van der Waals surface area contributed by atoms with Crippen molar-refractivity contribution in [1.29, 1.82) is 0 Å². The van der Waals surface area contributed by atoms with Crippen molar-refractivity contribution in [2.24, 2.45) is 22.2 Å². The van der Waals surface area contributed by atoms with Gasteiger partial charge in [-0.05, 0) is 57.8 Å². The first-order valence-electron chi connectivity index (χ1n) is 7.69. The maximum Gasteiger partial charge on any atom is 0.309 e. The third-order valence-electron chi connectivity index (χ3n) is 4.23. The van der Waals surface area contributed by atoms with E-state index in [2.05, 4.69) is 27.7 Å². The Morgan fingerprint density at radius 3 is 1.71 bits per heavy atom. The molecule has 0 aliphatic carbocycles. The number of carboxylic acids is 2. The van der Waals surface area contributed by atoms with Gasteiger partial charge < -0.3 is 10.2 Å². The van der Waals surface area contributed by atoms with Crippen LogP contribution in [0.5, 0.6) is 0 Å². The Balaban J connectivity index is 5.02. The average molecular weight is 300 g/mol. The van der Waals surface area contributed by atoms with Gasteiger partial charge in [0.25, 0.3) is 0 Å². The summed E-state index contributed by atoms with van der Waals surface area (Å²) < 4.78 is 0. The van der Waals surface area contributed by atoms with E-state index in [1.807, 2.05) is 0 Å². The van der Waals surface area contributed by atoms with Gasteiger partial charge in [-0.2, -0.15) is 0 Å². The zero-order valence-corrected chi connectivity index (χ0v) is 14.6. The SMILES string of the molecule is CC(C)CC(C)(C)CC(C)(CCC(C)(C)C(=O)O)C(=O)O. The second-order valence-electron chi connectivity index (χ2n) is 8.49. The number of aliphatic carboxylic acids is 2. The highest BCUT2D eigenvalue weighted by atomic mass is 16.4. The lowest BCUT2D eigenvalue weighted by atomic mass is 9.67. The van der Waals surface area contributed by atoms with Crippen LogP contribution in [0.4, 0.5) is 0 Å². The molecule has 0 heterocycles. The summed E-state index contributed by atoms with van der Waals surface area (Å²) in [7, 11) is 0. The van der Waals surface area contributed by atoms with E-state index in [0.717, 1.165) is 6.42 Å². The lowest BCUT2D eigenvalue weighted by molar-refractivity contribution is -0.154. The van der Waals surface area contributed by atoms with E-state index >= 15 is 0 Å². The van der Waals surface area contributed by atoms with Crippen molar-refractivity contribution in [1.82, 2.24) is 0 Å². The molecule has 0 aromatic rings. The van der Waals surface area contributed by atoms with Crippen LogP contribution in [0.15, 0.2) is 0 Å². The van der Waals surface area contributed by atoms with Crippen LogP contribution in [0, 0.1) is 22.2 Å². The van der Waals surface area contributed by atoms with Gasteiger partial charge >= 0.3 is 11.9 Å². The Labute approximate surface area is 128 Å². The van der Waals surface area contributed by atoms with Crippen molar-refractivity contribution in [3.05, 3.63) is 0 Å². The van der Waals surface area contributed by atoms with Crippen LogP contribution in [0.2, 0.25) is 0 Å². The standard InChI is InChI=1S/C17H32O4/c1-12(2)10-15(3,4)11-17(7,14(20)21)9-8-16(5,6)13(18)19/h12H,8-11H2,1-7H3,(H,18,19)(H,20,21). The maximum atomic E-state index is 11.7. The molecule has 4 nitrogen and oxygen atoms in total. The molecule has 0 bridgehead atoms. The molecule has 0 spiro atoms. The molecule has 1 atom stereocenters. The second kappa shape index (κ2) is 6.80. The molecule has 0 amide bonds. The Hall–Kier alpha value is -1.06. The van der Waals surface area contributed by atoms with Gasteiger partial charge in [0.1, 0.15) is 0 Å². The van der Waals surface area contributed by atoms with Gasteiger partial charge in [-0.1, -0.05) is 27.7 Å². The molecular formula is C17H32O4. The van der Waals surface area contributed by atoms with E-state index in [0.29, 0.717) is 25.2 Å². The molecule has 1 unspecified atom stereocenters. The third kappa shape index (κ3) is 6.49. The third-order valence-corrected chi connectivity index (χ3v) is 4.23. The molecule has 0 aromatic heterocycles. The molecule has 0 fully saturated rings. The summed E-state index contributed by atoms with van der Waals surface area (Å²) in [6.07, 6.45) is 2.26. The summed E-state index contributed by atoms with van der Waals surface area (Å²) in [5.41, 5.74) is -1.85. The smallest absolute Gasteiger partial charge is 0.309 e. The summed E-state index contributed by atoms with van der Waals surface area (Å²) in [4.78, 5) is 22.9. The summed E-state index contributed by atoms with van der Waals surface area (Å²) in [6.45, 7) is 13.5. The van der Waals surface area contributed by atoms with Gasteiger partial charge in [0, 0.05) is 0 Å². The minimum absolute atomic E-state index is 0.0747. The van der Waals surface area contributed by atoms with E-state index in [-0.39, 0.29) is 5.41 Å². The molecule has 0 aliphatic heterocycles. The first kappa shape index (κ1) is 19.9. The fourth-order valence-corrected chi connectivity index (χ4v) is 3.20. The normalized spacial score (nSPS) is 15.8. The lowest BCUT2D eigenvalue weighted by Crippen LogP contribution is -2.36. The number of carboxylic acid groups (broad SMARTS) is 2. The van der Waals surface area contributed by atoms with E-state index in [1.165, 1.54) is 0 Å². The largest absolute Gasteiger partial charge is 0.481 e. The van der Waals surface area contributed by atoms with Gasteiger partial charge in [-0.3, -0.25) is 9.59 Å². The monoisotopic (exact) mass is 300 g/mol. The number of hydrogen-bond acceptors (Lipinski definition) is 2. The molecule has 0 aromatic carbocycles. The first-order valence-corrected chi connectivity index (χ1v) is 7.69. The predicted octanol–water partition coefficient (Wildman–Crippen LogP) is 4.43. The van der Waals surface area contributed by atoms with Gasteiger partial charge in [0.05, 0.1) is 10.8 Å². The molecule has 4 heteroatoms. The topological polar surface area (TPSA) is 74.6 Å². The molecule has 2 N–H and O–H groups in total. The van der Waals surface area contributed by atoms with Gasteiger partial charge in [-0.25, -0.2) is 0 Å². The summed E-state index contributed by atoms with van der Waals surface area (Å²) in [6, 6.07) is 0.